The molecule has 0 aromatic heterocycles. The van der Waals surface area contributed by atoms with Crippen LogP contribution in [0.4, 0.5) is 0 Å². The second-order valence-corrected chi connectivity index (χ2v) is 6.99. The summed E-state index contributed by atoms with van der Waals surface area (Å²) in [6, 6.07) is 7.83. The first-order valence-electron chi connectivity index (χ1n) is 9.68. The molecule has 1 N–H and O–H groups in total. The highest BCUT2D eigenvalue weighted by Gasteiger charge is 2.31. The molecular weight excluding hydrogens is 342 g/mol. The molecule has 2 aliphatic heterocycles. The molecule has 144 valence electrons. The van der Waals surface area contributed by atoms with E-state index in [2.05, 4.69) is 5.92 Å². The third-order valence-corrected chi connectivity index (χ3v) is 5.02. The lowest BCUT2D eigenvalue weighted by Gasteiger charge is -2.30. The van der Waals surface area contributed by atoms with Crippen LogP contribution in [0.25, 0.3) is 0 Å². The summed E-state index contributed by atoms with van der Waals surface area (Å²) in [4.78, 5) is 14.7. The molecule has 27 heavy (non-hydrogen) atoms. The molecule has 0 radical (unpaired) electrons. The third kappa shape index (κ3) is 5.12. The van der Waals surface area contributed by atoms with Gasteiger partial charge in [-0.15, -0.1) is 6.42 Å². The van der Waals surface area contributed by atoms with Crippen LogP contribution in [0.1, 0.15) is 49.1 Å². The van der Waals surface area contributed by atoms with Crippen molar-refractivity contribution in [3.8, 4) is 12.3 Å². The molecule has 5 heteroatoms. The van der Waals surface area contributed by atoms with E-state index in [1.165, 1.54) is 0 Å². The molecule has 5 nitrogen and oxygen atoms in total. The zero-order chi connectivity index (χ0) is 19.1. The third-order valence-electron chi connectivity index (χ3n) is 5.02. The van der Waals surface area contributed by atoms with Gasteiger partial charge in [0.1, 0.15) is 0 Å². The van der Waals surface area contributed by atoms with Crippen LogP contribution in [0.5, 0.6) is 0 Å². The van der Waals surface area contributed by atoms with Crippen LogP contribution in [-0.4, -0.2) is 48.5 Å². The van der Waals surface area contributed by atoms with Crippen LogP contribution in [0.15, 0.2) is 36.1 Å². The molecule has 3 rings (SSSR count). The summed E-state index contributed by atoms with van der Waals surface area (Å²) in [6.45, 7) is 2.21. The van der Waals surface area contributed by atoms with Crippen molar-refractivity contribution < 1.29 is 19.4 Å². The van der Waals surface area contributed by atoms with Crippen molar-refractivity contribution in [3.05, 3.63) is 47.2 Å². The summed E-state index contributed by atoms with van der Waals surface area (Å²) in [7, 11) is 0. The van der Waals surface area contributed by atoms with E-state index in [0.717, 1.165) is 43.5 Å². The SMILES string of the molecule is C#Cc1ccc([C@@H]2C=C(C(=O)N3CCCC3)O[C@H](OCCCCO)C2)cc1. The van der Waals surface area contributed by atoms with E-state index >= 15 is 0 Å². The molecule has 0 aliphatic carbocycles. The first-order chi connectivity index (χ1) is 13.2. The Hall–Kier alpha value is -2.29. The molecule has 1 saturated heterocycles. The van der Waals surface area contributed by atoms with E-state index in [-0.39, 0.29) is 18.4 Å². The highest BCUT2D eigenvalue weighted by atomic mass is 16.7. The van der Waals surface area contributed by atoms with Crippen molar-refractivity contribution in [1.82, 2.24) is 4.90 Å². The summed E-state index contributed by atoms with van der Waals surface area (Å²) >= 11 is 0. The normalized spacial score (nSPS) is 22.1. The molecule has 2 heterocycles. The molecule has 1 aromatic rings. The number of carbonyl (C=O) groups is 1. The van der Waals surface area contributed by atoms with Gasteiger partial charge in [-0.1, -0.05) is 18.1 Å². The summed E-state index contributed by atoms with van der Waals surface area (Å²) in [5, 5.41) is 8.91. The van der Waals surface area contributed by atoms with Gasteiger partial charge in [-0.3, -0.25) is 4.79 Å². The number of ether oxygens (including phenoxy) is 2. The van der Waals surface area contributed by atoms with Gasteiger partial charge in [-0.2, -0.15) is 0 Å². The summed E-state index contributed by atoms with van der Waals surface area (Å²) < 4.78 is 11.7. The number of carbonyl (C=O) groups excluding carboxylic acids is 1. The Bertz CT molecular complexity index is 698. The van der Waals surface area contributed by atoms with E-state index in [1.807, 2.05) is 35.2 Å². The van der Waals surface area contributed by atoms with Gasteiger partial charge < -0.3 is 19.5 Å². The predicted octanol–water partition coefficient (Wildman–Crippen LogP) is 2.79. The maximum absolute atomic E-state index is 12.8. The molecule has 2 aliphatic rings. The molecule has 1 aromatic carbocycles. The number of likely N-dealkylation sites (tertiary alicyclic amines) is 1. The van der Waals surface area contributed by atoms with Crippen molar-refractivity contribution in [1.29, 1.82) is 0 Å². The summed E-state index contributed by atoms with van der Waals surface area (Å²) in [5.74, 6) is 2.98. The number of unbranched alkanes of at least 4 members (excludes halogenated alkanes) is 1. The Morgan fingerprint density at radius 3 is 2.67 bits per heavy atom. The van der Waals surface area contributed by atoms with Crippen molar-refractivity contribution in [2.24, 2.45) is 0 Å². The highest BCUT2D eigenvalue weighted by molar-refractivity contribution is 5.92. The number of aliphatic hydroxyl groups is 1. The minimum absolute atomic E-state index is 0.0370. The number of aliphatic hydroxyl groups excluding tert-OH is 1. The van der Waals surface area contributed by atoms with Crippen LogP contribution in [0.3, 0.4) is 0 Å². The molecule has 0 bridgehead atoms. The van der Waals surface area contributed by atoms with E-state index in [0.29, 0.717) is 25.2 Å². The maximum atomic E-state index is 12.8. The number of hydrogen-bond donors (Lipinski definition) is 1. The fourth-order valence-electron chi connectivity index (χ4n) is 3.47. The number of benzene rings is 1. The van der Waals surface area contributed by atoms with E-state index in [9.17, 15) is 4.79 Å². The lowest BCUT2D eigenvalue weighted by atomic mass is 9.92. The van der Waals surface area contributed by atoms with Gasteiger partial charge in [-0.25, -0.2) is 0 Å². The Morgan fingerprint density at radius 1 is 1.26 bits per heavy atom. The molecule has 1 amide bonds. The molecule has 0 spiro atoms. The number of hydrogen-bond acceptors (Lipinski definition) is 4. The van der Waals surface area contributed by atoms with E-state index in [1.54, 1.807) is 0 Å². The average Bonchev–Trinajstić information content (AvgIpc) is 3.25. The quantitative estimate of drug-likeness (QED) is 0.593. The lowest BCUT2D eigenvalue weighted by molar-refractivity contribution is -0.152. The largest absolute Gasteiger partial charge is 0.459 e. The topological polar surface area (TPSA) is 59.0 Å². The zero-order valence-corrected chi connectivity index (χ0v) is 15.6. The Morgan fingerprint density at radius 2 is 2.00 bits per heavy atom. The fraction of sp³-hybridized carbons (Fsp3) is 0.500. The number of terminal acetylenes is 1. The monoisotopic (exact) mass is 369 g/mol. The second-order valence-electron chi connectivity index (χ2n) is 6.99. The molecule has 1 fully saturated rings. The van der Waals surface area contributed by atoms with E-state index < -0.39 is 6.29 Å². The number of amides is 1. The van der Waals surface area contributed by atoms with Crippen LogP contribution in [0, 0.1) is 12.3 Å². The van der Waals surface area contributed by atoms with Crippen LogP contribution in [-0.2, 0) is 14.3 Å². The van der Waals surface area contributed by atoms with Gasteiger partial charge in [0.05, 0.1) is 6.61 Å². The Balaban J connectivity index is 1.75. The van der Waals surface area contributed by atoms with Gasteiger partial charge in [0, 0.05) is 37.6 Å². The smallest absolute Gasteiger partial charge is 0.288 e. The minimum atomic E-state index is -0.465. The first-order valence-corrected chi connectivity index (χ1v) is 9.68. The fourth-order valence-corrected chi connectivity index (χ4v) is 3.47. The average molecular weight is 369 g/mol. The zero-order valence-electron chi connectivity index (χ0n) is 15.6. The van der Waals surface area contributed by atoms with Gasteiger partial charge in [0.15, 0.2) is 5.76 Å². The lowest BCUT2D eigenvalue weighted by Crippen LogP contribution is -2.35. The van der Waals surface area contributed by atoms with Crippen molar-refractivity contribution in [2.75, 3.05) is 26.3 Å². The van der Waals surface area contributed by atoms with Crippen LogP contribution >= 0.6 is 0 Å². The molecule has 2 atom stereocenters. The van der Waals surface area contributed by atoms with Crippen LogP contribution < -0.4 is 0 Å². The van der Waals surface area contributed by atoms with Gasteiger partial charge in [0.2, 0.25) is 6.29 Å². The van der Waals surface area contributed by atoms with Gasteiger partial charge >= 0.3 is 0 Å². The summed E-state index contributed by atoms with van der Waals surface area (Å²) in [6.07, 6.45) is 11.1. The van der Waals surface area contributed by atoms with Gasteiger partial charge in [-0.05, 0) is 49.5 Å². The van der Waals surface area contributed by atoms with Gasteiger partial charge in [0.25, 0.3) is 5.91 Å². The van der Waals surface area contributed by atoms with Crippen molar-refractivity contribution >= 4 is 5.91 Å². The highest BCUT2D eigenvalue weighted by Crippen LogP contribution is 2.32. The van der Waals surface area contributed by atoms with Crippen LogP contribution in [0.2, 0.25) is 0 Å². The molecule has 0 unspecified atom stereocenters. The predicted molar refractivity (Wildman–Crippen MR) is 103 cm³/mol. The Labute approximate surface area is 161 Å². The second kappa shape index (κ2) is 9.59. The van der Waals surface area contributed by atoms with Crippen molar-refractivity contribution in [3.63, 3.8) is 0 Å². The minimum Gasteiger partial charge on any atom is -0.459 e. The maximum Gasteiger partial charge on any atom is 0.288 e. The number of allylic oxidation sites excluding steroid dienone is 1. The summed E-state index contributed by atoms with van der Waals surface area (Å²) in [5.41, 5.74) is 1.92. The van der Waals surface area contributed by atoms with E-state index in [4.69, 9.17) is 21.0 Å². The Kier molecular flexibility index (Phi) is 6.92. The molecule has 0 saturated carbocycles. The molecular formula is C22H27NO4. The number of nitrogens with zero attached hydrogens (tertiary/aromatic N) is 1. The first kappa shape index (κ1) is 19.5. The number of rotatable bonds is 7. The van der Waals surface area contributed by atoms with Crippen molar-refractivity contribution in [2.45, 2.75) is 44.3 Å². The standard InChI is InChI=1S/C22H27NO4/c1-2-17-7-9-18(10-8-17)19-15-20(22(25)23-11-3-4-12-23)27-21(16-19)26-14-6-5-13-24/h1,7-10,15,19,21,24H,3-6,11-14,16H2/t19-,21+/m1/s1.